The van der Waals surface area contributed by atoms with Crippen molar-refractivity contribution in [2.24, 2.45) is 0 Å². The summed E-state index contributed by atoms with van der Waals surface area (Å²) in [6.07, 6.45) is 0.742. The third kappa shape index (κ3) is 3.86. The van der Waals surface area contributed by atoms with Crippen LogP contribution in [-0.4, -0.2) is 18.6 Å². The van der Waals surface area contributed by atoms with Crippen LogP contribution in [0.3, 0.4) is 0 Å². The summed E-state index contributed by atoms with van der Waals surface area (Å²) in [6, 6.07) is 6.90. The number of rotatable bonds is 7. The number of thiophene rings is 1. The molecule has 0 aliphatic carbocycles. The molecular formula is C14H14ClNO4S. The van der Waals surface area contributed by atoms with Crippen molar-refractivity contribution in [2.75, 3.05) is 13.7 Å². The normalized spacial score (nSPS) is 10.4. The lowest BCUT2D eigenvalue weighted by atomic mass is 10.2. The second-order valence-electron chi connectivity index (χ2n) is 4.20. The molecule has 5 nitrogen and oxygen atoms in total. The van der Waals surface area contributed by atoms with Gasteiger partial charge < -0.3 is 9.47 Å². The van der Waals surface area contributed by atoms with Crippen LogP contribution >= 0.6 is 22.9 Å². The van der Waals surface area contributed by atoms with Gasteiger partial charge in [-0.15, -0.1) is 22.9 Å². The number of nitro benzene ring substituents is 1. The molecule has 2 aromatic rings. The standard InChI is InChI=1S/C14H14ClNO4S/c1-19-13-7-10(9-15)12(16(17)18)8-14(13)20-5-4-11-3-2-6-21-11/h2-3,6-8H,4-5,9H2,1H3. The molecule has 0 radical (unpaired) electrons. The van der Waals surface area contributed by atoms with E-state index in [1.807, 2.05) is 17.5 Å². The number of ether oxygens (including phenoxy) is 2. The van der Waals surface area contributed by atoms with Crippen molar-refractivity contribution in [3.63, 3.8) is 0 Å². The van der Waals surface area contributed by atoms with Gasteiger partial charge in [-0.2, -0.15) is 0 Å². The first-order chi connectivity index (χ1) is 10.2. The van der Waals surface area contributed by atoms with E-state index in [2.05, 4.69) is 0 Å². The van der Waals surface area contributed by atoms with Gasteiger partial charge >= 0.3 is 0 Å². The lowest BCUT2D eigenvalue weighted by Gasteiger charge is -2.11. The van der Waals surface area contributed by atoms with Crippen molar-refractivity contribution in [2.45, 2.75) is 12.3 Å². The summed E-state index contributed by atoms with van der Waals surface area (Å²) >= 11 is 7.38. The van der Waals surface area contributed by atoms with Crippen LogP contribution < -0.4 is 9.47 Å². The summed E-state index contributed by atoms with van der Waals surface area (Å²) < 4.78 is 10.8. The fourth-order valence-corrected chi connectivity index (χ4v) is 2.76. The molecule has 0 fully saturated rings. The highest BCUT2D eigenvalue weighted by atomic mass is 35.5. The first kappa shape index (κ1) is 15.6. The minimum Gasteiger partial charge on any atom is -0.493 e. The summed E-state index contributed by atoms with van der Waals surface area (Å²) in [4.78, 5) is 11.8. The molecule has 1 aromatic heterocycles. The summed E-state index contributed by atoms with van der Waals surface area (Å²) in [5.74, 6) is 0.847. The molecule has 0 aliphatic heterocycles. The highest BCUT2D eigenvalue weighted by Gasteiger charge is 2.19. The molecule has 0 saturated heterocycles. The highest BCUT2D eigenvalue weighted by Crippen LogP contribution is 2.35. The quantitative estimate of drug-likeness (QED) is 0.437. The second-order valence-corrected chi connectivity index (χ2v) is 5.50. The van der Waals surface area contributed by atoms with E-state index < -0.39 is 4.92 Å². The Balaban J connectivity index is 2.16. The van der Waals surface area contributed by atoms with Crippen LogP contribution in [0.1, 0.15) is 10.4 Å². The molecule has 0 saturated carbocycles. The molecule has 0 bridgehead atoms. The monoisotopic (exact) mass is 327 g/mol. The molecule has 112 valence electrons. The molecule has 1 aromatic carbocycles. The molecule has 0 spiro atoms. The molecule has 0 atom stereocenters. The number of methoxy groups -OCH3 is 1. The fourth-order valence-electron chi connectivity index (χ4n) is 1.86. The zero-order valence-electron chi connectivity index (χ0n) is 11.4. The van der Waals surface area contributed by atoms with Crippen LogP contribution in [0.2, 0.25) is 0 Å². The highest BCUT2D eigenvalue weighted by molar-refractivity contribution is 7.09. The van der Waals surface area contributed by atoms with Crippen molar-refractivity contribution >= 4 is 28.6 Å². The molecule has 21 heavy (non-hydrogen) atoms. The lowest BCUT2D eigenvalue weighted by molar-refractivity contribution is -0.385. The van der Waals surface area contributed by atoms with Gasteiger partial charge in [-0.05, 0) is 17.5 Å². The second kappa shape index (κ2) is 7.28. The number of nitrogens with zero attached hydrogens (tertiary/aromatic N) is 1. The Hall–Kier alpha value is -1.79. The molecule has 1 heterocycles. The van der Waals surface area contributed by atoms with E-state index in [0.29, 0.717) is 23.7 Å². The number of hydrogen-bond acceptors (Lipinski definition) is 5. The maximum Gasteiger partial charge on any atom is 0.277 e. The summed E-state index contributed by atoms with van der Waals surface area (Å²) in [7, 11) is 1.49. The van der Waals surface area contributed by atoms with Gasteiger partial charge in [0.15, 0.2) is 11.5 Å². The molecule has 7 heteroatoms. The molecule has 0 amide bonds. The van der Waals surface area contributed by atoms with Crippen molar-refractivity contribution in [1.82, 2.24) is 0 Å². The maximum absolute atomic E-state index is 11.0. The predicted molar refractivity (Wildman–Crippen MR) is 82.7 cm³/mol. The van der Waals surface area contributed by atoms with E-state index in [1.54, 1.807) is 17.4 Å². The number of hydrogen-bond donors (Lipinski definition) is 0. The molecule has 0 N–H and O–H groups in total. The Bertz CT molecular complexity index is 616. The summed E-state index contributed by atoms with van der Waals surface area (Å²) in [5, 5.41) is 13.0. The van der Waals surface area contributed by atoms with E-state index in [4.69, 9.17) is 21.1 Å². The van der Waals surface area contributed by atoms with E-state index in [1.165, 1.54) is 18.1 Å². The van der Waals surface area contributed by atoms with Gasteiger partial charge in [-0.3, -0.25) is 10.1 Å². The number of nitro groups is 1. The van der Waals surface area contributed by atoms with Crippen molar-refractivity contribution in [1.29, 1.82) is 0 Å². The fraction of sp³-hybridized carbons (Fsp3) is 0.286. The minimum absolute atomic E-state index is 0.0438. The van der Waals surface area contributed by atoms with Gasteiger partial charge in [-0.25, -0.2) is 0 Å². The maximum atomic E-state index is 11.0. The van der Waals surface area contributed by atoms with Gasteiger partial charge in [0, 0.05) is 16.9 Å². The smallest absolute Gasteiger partial charge is 0.277 e. The Morgan fingerprint density at radius 1 is 1.38 bits per heavy atom. The van der Waals surface area contributed by atoms with Gasteiger partial charge in [0.2, 0.25) is 0 Å². The Labute approximate surface area is 131 Å². The van der Waals surface area contributed by atoms with Gasteiger partial charge in [0.25, 0.3) is 5.69 Å². The predicted octanol–water partition coefficient (Wildman–Crippen LogP) is 4.03. The van der Waals surface area contributed by atoms with E-state index in [-0.39, 0.29) is 11.6 Å². The van der Waals surface area contributed by atoms with E-state index in [0.717, 1.165) is 6.42 Å². The van der Waals surface area contributed by atoms with Gasteiger partial charge in [0.1, 0.15) is 0 Å². The zero-order chi connectivity index (χ0) is 15.2. The van der Waals surface area contributed by atoms with E-state index >= 15 is 0 Å². The Morgan fingerprint density at radius 2 is 2.19 bits per heavy atom. The van der Waals surface area contributed by atoms with Crippen LogP contribution in [0.5, 0.6) is 11.5 Å². The van der Waals surface area contributed by atoms with Crippen molar-refractivity contribution < 1.29 is 14.4 Å². The Kier molecular flexibility index (Phi) is 5.41. The van der Waals surface area contributed by atoms with E-state index in [9.17, 15) is 10.1 Å². The van der Waals surface area contributed by atoms with Crippen LogP contribution in [0.15, 0.2) is 29.6 Å². The topological polar surface area (TPSA) is 61.6 Å². The largest absolute Gasteiger partial charge is 0.493 e. The average molecular weight is 328 g/mol. The van der Waals surface area contributed by atoms with Gasteiger partial charge in [-0.1, -0.05) is 6.07 Å². The van der Waals surface area contributed by atoms with Crippen LogP contribution in [-0.2, 0) is 12.3 Å². The molecule has 0 unspecified atom stereocenters. The van der Waals surface area contributed by atoms with Crippen molar-refractivity contribution in [3.05, 3.63) is 50.2 Å². The van der Waals surface area contributed by atoms with Crippen LogP contribution in [0, 0.1) is 10.1 Å². The number of halogens is 1. The van der Waals surface area contributed by atoms with Crippen LogP contribution in [0.25, 0.3) is 0 Å². The molecule has 2 rings (SSSR count). The number of alkyl halides is 1. The zero-order valence-corrected chi connectivity index (χ0v) is 12.9. The minimum atomic E-state index is -0.469. The Morgan fingerprint density at radius 3 is 2.76 bits per heavy atom. The first-order valence-corrected chi connectivity index (χ1v) is 7.63. The van der Waals surface area contributed by atoms with Crippen LogP contribution in [0.4, 0.5) is 5.69 Å². The number of benzene rings is 1. The van der Waals surface area contributed by atoms with Gasteiger partial charge in [0.05, 0.1) is 30.6 Å². The lowest BCUT2D eigenvalue weighted by Crippen LogP contribution is -2.03. The summed E-state index contributed by atoms with van der Waals surface area (Å²) in [5.41, 5.74) is 0.348. The molecule has 0 aliphatic rings. The average Bonchev–Trinajstić information content (AvgIpc) is 2.99. The van der Waals surface area contributed by atoms with Crippen molar-refractivity contribution in [3.8, 4) is 11.5 Å². The first-order valence-electron chi connectivity index (χ1n) is 6.22. The third-order valence-electron chi connectivity index (χ3n) is 2.89. The third-order valence-corrected chi connectivity index (χ3v) is 4.12. The SMILES string of the molecule is COc1cc(CCl)c([N+](=O)[O-])cc1OCCc1cccs1. The molecular weight excluding hydrogens is 314 g/mol. The summed E-state index contributed by atoms with van der Waals surface area (Å²) in [6.45, 7) is 0.425.